The standard InChI is InChI=1S/C20H23BrFNO2S/c1-14(24)25-20-12-15-13-23(11-9-19(15)26-20)10-5-4-7-17(21)16-6-2-3-8-18(16)22/h2-3,6,8,12,17H,4-5,7,9-11,13H2,1H3. The summed E-state index contributed by atoms with van der Waals surface area (Å²) in [7, 11) is 0. The van der Waals surface area contributed by atoms with E-state index in [0.717, 1.165) is 50.9 Å². The van der Waals surface area contributed by atoms with Gasteiger partial charge >= 0.3 is 5.97 Å². The number of unbranched alkanes of at least 4 members (excludes halogenated alkanes) is 1. The number of carbonyl (C=O) groups excluding carboxylic acids is 1. The molecule has 0 amide bonds. The molecular weight excluding hydrogens is 417 g/mol. The molecule has 26 heavy (non-hydrogen) atoms. The fourth-order valence-electron chi connectivity index (χ4n) is 3.29. The Morgan fingerprint density at radius 3 is 2.96 bits per heavy atom. The SMILES string of the molecule is CC(=O)Oc1cc2c(s1)CCN(CCCCC(Br)c1ccccc1F)C2. The zero-order valence-electron chi connectivity index (χ0n) is 14.8. The van der Waals surface area contributed by atoms with E-state index in [-0.39, 0.29) is 16.6 Å². The molecule has 0 N–H and O–H groups in total. The van der Waals surface area contributed by atoms with Gasteiger partial charge in [-0.05, 0) is 43.5 Å². The van der Waals surface area contributed by atoms with E-state index >= 15 is 0 Å². The van der Waals surface area contributed by atoms with Crippen molar-refractivity contribution in [3.63, 3.8) is 0 Å². The van der Waals surface area contributed by atoms with Crippen molar-refractivity contribution in [3.05, 3.63) is 52.2 Å². The molecule has 1 aromatic carbocycles. The Labute approximate surface area is 166 Å². The van der Waals surface area contributed by atoms with Gasteiger partial charge < -0.3 is 4.74 Å². The normalized spacial score (nSPS) is 15.5. The molecule has 2 aromatic rings. The van der Waals surface area contributed by atoms with Crippen LogP contribution in [0.4, 0.5) is 4.39 Å². The first-order chi connectivity index (χ1) is 12.5. The zero-order chi connectivity index (χ0) is 18.5. The molecule has 0 spiro atoms. The van der Waals surface area contributed by atoms with Crippen LogP contribution >= 0.6 is 27.3 Å². The lowest BCUT2D eigenvalue weighted by molar-refractivity contribution is -0.131. The van der Waals surface area contributed by atoms with Crippen LogP contribution < -0.4 is 4.74 Å². The number of esters is 1. The van der Waals surface area contributed by atoms with E-state index in [2.05, 4.69) is 20.8 Å². The van der Waals surface area contributed by atoms with Gasteiger partial charge in [0.2, 0.25) is 0 Å². The maximum Gasteiger partial charge on any atom is 0.308 e. The first kappa shape index (κ1) is 19.5. The molecule has 1 aromatic heterocycles. The second-order valence-corrected chi connectivity index (χ2v) is 8.82. The Kier molecular flexibility index (Phi) is 6.84. The molecule has 1 aliphatic heterocycles. The summed E-state index contributed by atoms with van der Waals surface area (Å²) >= 11 is 5.20. The Hall–Kier alpha value is -1.24. The first-order valence-electron chi connectivity index (χ1n) is 8.94. The van der Waals surface area contributed by atoms with Crippen LogP contribution in [0.1, 0.15) is 47.0 Å². The lowest BCUT2D eigenvalue weighted by Gasteiger charge is -2.26. The second kappa shape index (κ2) is 9.11. The Balaban J connectivity index is 1.43. The maximum absolute atomic E-state index is 13.8. The summed E-state index contributed by atoms with van der Waals surface area (Å²) in [4.78, 5) is 14.9. The number of halogens is 2. The smallest absolute Gasteiger partial charge is 0.308 e. The highest BCUT2D eigenvalue weighted by molar-refractivity contribution is 9.09. The highest BCUT2D eigenvalue weighted by Gasteiger charge is 2.20. The van der Waals surface area contributed by atoms with Gasteiger partial charge in [-0.2, -0.15) is 0 Å². The lowest BCUT2D eigenvalue weighted by atomic mass is 10.1. The Morgan fingerprint density at radius 2 is 2.19 bits per heavy atom. The van der Waals surface area contributed by atoms with E-state index in [1.807, 2.05) is 18.2 Å². The van der Waals surface area contributed by atoms with E-state index in [9.17, 15) is 9.18 Å². The van der Waals surface area contributed by atoms with Crippen LogP contribution in [-0.4, -0.2) is 24.0 Å². The molecule has 140 valence electrons. The van der Waals surface area contributed by atoms with Crippen LogP contribution in [-0.2, 0) is 17.8 Å². The number of benzene rings is 1. The molecule has 0 saturated carbocycles. The summed E-state index contributed by atoms with van der Waals surface area (Å²) in [5, 5.41) is 0.705. The summed E-state index contributed by atoms with van der Waals surface area (Å²) in [6.07, 6.45) is 4.08. The number of hydrogen-bond donors (Lipinski definition) is 0. The minimum absolute atomic E-state index is 0.0693. The molecule has 3 nitrogen and oxygen atoms in total. The third kappa shape index (κ3) is 5.15. The van der Waals surface area contributed by atoms with Gasteiger partial charge in [0.25, 0.3) is 0 Å². The average molecular weight is 440 g/mol. The van der Waals surface area contributed by atoms with Crippen LogP contribution in [0.25, 0.3) is 0 Å². The number of hydrogen-bond acceptors (Lipinski definition) is 4. The maximum atomic E-state index is 13.8. The van der Waals surface area contributed by atoms with Gasteiger partial charge in [-0.25, -0.2) is 4.39 Å². The second-order valence-electron chi connectivity index (χ2n) is 6.62. The fourth-order valence-corrected chi connectivity index (χ4v) is 5.04. The highest BCUT2D eigenvalue weighted by atomic mass is 79.9. The van der Waals surface area contributed by atoms with Crippen molar-refractivity contribution < 1.29 is 13.9 Å². The van der Waals surface area contributed by atoms with Gasteiger partial charge in [0.1, 0.15) is 5.82 Å². The minimum Gasteiger partial charge on any atom is -0.416 e. The first-order valence-corrected chi connectivity index (χ1v) is 10.7. The van der Waals surface area contributed by atoms with Crippen molar-refractivity contribution in [3.8, 4) is 5.06 Å². The molecule has 3 rings (SSSR count). The number of ether oxygens (including phenoxy) is 1. The van der Waals surface area contributed by atoms with Gasteiger partial charge in [-0.1, -0.05) is 40.5 Å². The molecule has 6 heteroatoms. The van der Waals surface area contributed by atoms with Gasteiger partial charge in [0.05, 0.1) is 0 Å². The molecule has 1 aliphatic rings. The quantitative estimate of drug-likeness (QED) is 0.325. The number of fused-ring (bicyclic) bond motifs is 1. The van der Waals surface area contributed by atoms with Gasteiger partial charge in [0, 0.05) is 35.3 Å². The molecular formula is C20H23BrFNO2S. The molecule has 0 saturated heterocycles. The molecule has 1 unspecified atom stereocenters. The van der Waals surface area contributed by atoms with E-state index in [0.29, 0.717) is 5.06 Å². The number of thiophene rings is 1. The van der Waals surface area contributed by atoms with Crippen molar-refractivity contribution in [2.45, 2.75) is 44.0 Å². The molecule has 0 radical (unpaired) electrons. The average Bonchev–Trinajstić information content (AvgIpc) is 2.99. The van der Waals surface area contributed by atoms with Crippen molar-refractivity contribution in [2.24, 2.45) is 0 Å². The number of alkyl halides is 1. The van der Waals surface area contributed by atoms with E-state index in [1.54, 1.807) is 17.4 Å². The van der Waals surface area contributed by atoms with E-state index in [1.165, 1.54) is 23.4 Å². The topological polar surface area (TPSA) is 29.5 Å². The summed E-state index contributed by atoms with van der Waals surface area (Å²) in [5.41, 5.74) is 2.02. The van der Waals surface area contributed by atoms with Crippen LogP contribution in [0.5, 0.6) is 5.06 Å². The van der Waals surface area contributed by atoms with Gasteiger partial charge in [0.15, 0.2) is 5.06 Å². The zero-order valence-corrected chi connectivity index (χ0v) is 17.2. The van der Waals surface area contributed by atoms with Crippen molar-refractivity contribution in [1.82, 2.24) is 4.90 Å². The van der Waals surface area contributed by atoms with Gasteiger partial charge in [-0.3, -0.25) is 9.69 Å². The molecule has 0 fully saturated rings. The monoisotopic (exact) mass is 439 g/mol. The van der Waals surface area contributed by atoms with Crippen molar-refractivity contribution >= 4 is 33.2 Å². The number of carbonyl (C=O) groups is 1. The summed E-state index contributed by atoms with van der Waals surface area (Å²) < 4.78 is 19.0. The molecule has 0 aliphatic carbocycles. The molecule has 1 atom stereocenters. The van der Waals surface area contributed by atoms with Crippen LogP contribution in [0.3, 0.4) is 0 Å². The number of rotatable bonds is 7. The predicted molar refractivity (Wildman–Crippen MR) is 107 cm³/mol. The van der Waals surface area contributed by atoms with Crippen LogP contribution in [0, 0.1) is 5.82 Å². The third-order valence-electron chi connectivity index (χ3n) is 4.59. The Bertz CT molecular complexity index is 764. The summed E-state index contributed by atoms with van der Waals surface area (Å²) in [6, 6.07) is 8.96. The van der Waals surface area contributed by atoms with Crippen LogP contribution in [0.15, 0.2) is 30.3 Å². The van der Waals surface area contributed by atoms with Crippen molar-refractivity contribution in [2.75, 3.05) is 13.1 Å². The minimum atomic E-state index is -0.264. The highest BCUT2D eigenvalue weighted by Crippen LogP contribution is 2.34. The molecule has 0 bridgehead atoms. The third-order valence-corrected chi connectivity index (χ3v) is 6.66. The molecule has 2 heterocycles. The van der Waals surface area contributed by atoms with E-state index in [4.69, 9.17) is 4.74 Å². The Morgan fingerprint density at radius 1 is 1.38 bits per heavy atom. The predicted octanol–water partition coefficient (Wildman–Crippen LogP) is 5.48. The van der Waals surface area contributed by atoms with Crippen molar-refractivity contribution in [1.29, 1.82) is 0 Å². The van der Waals surface area contributed by atoms with Crippen LogP contribution in [0.2, 0.25) is 0 Å². The summed E-state index contributed by atoms with van der Waals surface area (Å²) in [6.45, 7) is 4.43. The van der Waals surface area contributed by atoms with Gasteiger partial charge in [-0.15, -0.1) is 11.3 Å². The fraction of sp³-hybridized carbons (Fsp3) is 0.450. The summed E-state index contributed by atoms with van der Waals surface area (Å²) in [5.74, 6) is -0.404. The number of nitrogens with zero attached hydrogens (tertiary/aromatic N) is 1. The lowest BCUT2D eigenvalue weighted by Crippen LogP contribution is -2.30. The van der Waals surface area contributed by atoms with E-state index < -0.39 is 0 Å². The largest absolute Gasteiger partial charge is 0.416 e.